The second-order valence-corrected chi connectivity index (χ2v) is 5.31. The number of nitrogens with two attached hydrogens (primary N) is 1. The van der Waals surface area contributed by atoms with E-state index in [2.05, 4.69) is 16.9 Å². The highest BCUT2D eigenvalue weighted by Gasteiger charge is 2.40. The molecule has 0 aromatic heterocycles. The molecule has 1 saturated heterocycles. The van der Waals surface area contributed by atoms with Crippen molar-refractivity contribution in [2.24, 2.45) is 11.7 Å². The fourth-order valence-corrected chi connectivity index (χ4v) is 3.27. The topological polar surface area (TPSA) is 73.9 Å². The predicted octanol–water partition coefficient (Wildman–Crippen LogP) is 1.20. The lowest BCUT2D eigenvalue weighted by Gasteiger charge is -2.31. The minimum Gasteiger partial charge on any atom is -0.328 e. The third-order valence-electron chi connectivity index (χ3n) is 4.21. The smallest absolute Gasteiger partial charge is 0.0995 e. The third kappa shape index (κ3) is 1.91. The molecule has 94 valence electrons. The van der Waals surface area contributed by atoms with E-state index in [-0.39, 0.29) is 6.04 Å². The van der Waals surface area contributed by atoms with Gasteiger partial charge in [-0.1, -0.05) is 18.2 Å². The van der Waals surface area contributed by atoms with Crippen LogP contribution in [0.4, 0.5) is 0 Å². The molecule has 0 amide bonds. The highest BCUT2D eigenvalue weighted by Crippen LogP contribution is 2.38. The lowest BCUT2D eigenvalue weighted by atomic mass is 9.77. The van der Waals surface area contributed by atoms with Crippen LogP contribution >= 0.6 is 0 Å². The van der Waals surface area contributed by atoms with E-state index >= 15 is 0 Å². The number of fused-ring (bicyclic) bond motifs is 1. The molecule has 0 bridgehead atoms. The van der Waals surface area contributed by atoms with Crippen LogP contribution in [0.25, 0.3) is 0 Å². The summed E-state index contributed by atoms with van der Waals surface area (Å²) in [4.78, 5) is 0. The number of nitriles is 1. The van der Waals surface area contributed by atoms with Gasteiger partial charge in [-0.25, -0.2) is 5.43 Å². The Labute approximate surface area is 107 Å². The van der Waals surface area contributed by atoms with Gasteiger partial charge < -0.3 is 5.73 Å². The van der Waals surface area contributed by atoms with Crippen molar-refractivity contribution in [3.63, 3.8) is 0 Å². The Hall–Kier alpha value is -1.41. The van der Waals surface area contributed by atoms with Crippen LogP contribution in [0.2, 0.25) is 0 Å². The molecule has 4 N–H and O–H groups in total. The van der Waals surface area contributed by atoms with Crippen molar-refractivity contribution in [2.75, 3.05) is 0 Å². The third-order valence-corrected chi connectivity index (χ3v) is 4.21. The Morgan fingerprint density at radius 2 is 2.06 bits per heavy atom. The molecule has 1 saturated carbocycles. The van der Waals surface area contributed by atoms with Gasteiger partial charge in [-0.3, -0.25) is 5.43 Å². The minimum atomic E-state index is 0.206. The highest BCUT2D eigenvalue weighted by molar-refractivity contribution is 5.40. The standard InChI is InChI=1S/C14H18N4/c15-8-9-3-1-2-4-11(9)14-12-7-10(16)5-6-13(12)17-18-14/h1-4,10,12-14,17-18H,5-7,16H2. The first-order valence-electron chi connectivity index (χ1n) is 6.55. The maximum Gasteiger partial charge on any atom is 0.0995 e. The number of rotatable bonds is 1. The summed E-state index contributed by atoms with van der Waals surface area (Å²) in [6.07, 6.45) is 3.22. The SMILES string of the molecule is N#Cc1ccccc1C1NNC2CCC(N)CC21. The van der Waals surface area contributed by atoms with Gasteiger partial charge in [0.2, 0.25) is 0 Å². The summed E-state index contributed by atoms with van der Waals surface area (Å²) < 4.78 is 0. The molecule has 4 nitrogen and oxygen atoms in total. The summed E-state index contributed by atoms with van der Waals surface area (Å²) >= 11 is 0. The van der Waals surface area contributed by atoms with Gasteiger partial charge in [-0.05, 0) is 36.8 Å². The molecule has 1 aliphatic carbocycles. The average molecular weight is 242 g/mol. The van der Waals surface area contributed by atoms with Crippen molar-refractivity contribution >= 4 is 0 Å². The van der Waals surface area contributed by atoms with Gasteiger partial charge in [0.15, 0.2) is 0 Å². The molecule has 0 radical (unpaired) electrons. The van der Waals surface area contributed by atoms with Crippen LogP contribution in [-0.2, 0) is 0 Å². The maximum atomic E-state index is 9.20. The Bertz CT molecular complexity index is 479. The summed E-state index contributed by atoms with van der Waals surface area (Å²) in [7, 11) is 0. The van der Waals surface area contributed by atoms with Crippen molar-refractivity contribution in [1.82, 2.24) is 10.9 Å². The van der Waals surface area contributed by atoms with Crippen LogP contribution in [0, 0.1) is 17.2 Å². The summed E-state index contributed by atoms with van der Waals surface area (Å²) in [6, 6.07) is 11.1. The largest absolute Gasteiger partial charge is 0.328 e. The number of nitrogens with one attached hydrogen (secondary N) is 2. The lowest BCUT2D eigenvalue weighted by molar-refractivity contribution is 0.279. The van der Waals surface area contributed by atoms with Gasteiger partial charge in [0.05, 0.1) is 17.7 Å². The molecule has 1 aromatic rings. The molecule has 4 heteroatoms. The second-order valence-electron chi connectivity index (χ2n) is 5.31. The Morgan fingerprint density at radius 3 is 2.89 bits per heavy atom. The van der Waals surface area contributed by atoms with Crippen molar-refractivity contribution in [1.29, 1.82) is 5.26 Å². The normalized spacial score (nSPS) is 34.9. The number of nitrogens with zero attached hydrogens (tertiary/aromatic N) is 1. The van der Waals surface area contributed by atoms with Crippen molar-refractivity contribution < 1.29 is 0 Å². The monoisotopic (exact) mass is 242 g/mol. The molecule has 2 aliphatic rings. The van der Waals surface area contributed by atoms with Gasteiger partial charge in [-0.15, -0.1) is 0 Å². The molecule has 18 heavy (non-hydrogen) atoms. The van der Waals surface area contributed by atoms with Crippen LogP contribution in [0.1, 0.15) is 36.4 Å². The lowest BCUT2D eigenvalue weighted by Crippen LogP contribution is -2.39. The minimum absolute atomic E-state index is 0.206. The van der Waals surface area contributed by atoms with E-state index in [4.69, 9.17) is 5.73 Å². The number of hydrazine groups is 1. The Morgan fingerprint density at radius 1 is 1.22 bits per heavy atom. The van der Waals surface area contributed by atoms with Crippen LogP contribution < -0.4 is 16.6 Å². The number of hydrogen-bond donors (Lipinski definition) is 3. The second kappa shape index (κ2) is 4.69. The molecule has 1 aromatic carbocycles. The summed E-state index contributed by atoms with van der Waals surface area (Å²) in [6.45, 7) is 0. The predicted molar refractivity (Wildman–Crippen MR) is 69.3 cm³/mol. The summed E-state index contributed by atoms with van der Waals surface area (Å²) in [5, 5.41) is 9.20. The molecule has 4 unspecified atom stereocenters. The van der Waals surface area contributed by atoms with Gasteiger partial charge in [-0.2, -0.15) is 5.26 Å². The molecule has 2 fully saturated rings. The zero-order valence-corrected chi connectivity index (χ0v) is 10.3. The van der Waals surface area contributed by atoms with E-state index in [0.29, 0.717) is 18.0 Å². The van der Waals surface area contributed by atoms with E-state index in [1.807, 2.05) is 24.3 Å². The van der Waals surface area contributed by atoms with Crippen LogP contribution in [0.3, 0.4) is 0 Å². The van der Waals surface area contributed by atoms with E-state index < -0.39 is 0 Å². The van der Waals surface area contributed by atoms with Crippen molar-refractivity contribution in [2.45, 2.75) is 37.4 Å². The zero-order valence-electron chi connectivity index (χ0n) is 10.3. The number of hydrogen-bond acceptors (Lipinski definition) is 4. The van der Waals surface area contributed by atoms with E-state index in [1.165, 1.54) is 0 Å². The fourth-order valence-electron chi connectivity index (χ4n) is 3.27. The molecular formula is C14H18N4. The molecular weight excluding hydrogens is 224 g/mol. The molecule has 4 atom stereocenters. The van der Waals surface area contributed by atoms with E-state index in [9.17, 15) is 5.26 Å². The summed E-state index contributed by atoms with van der Waals surface area (Å²) in [5.41, 5.74) is 14.7. The first-order chi connectivity index (χ1) is 8.79. The fraction of sp³-hybridized carbons (Fsp3) is 0.500. The van der Waals surface area contributed by atoms with Crippen LogP contribution in [-0.4, -0.2) is 12.1 Å². The Balaban J connectivity index is 1.90. The molecule has 1 aliphatic heterocycles. The van der Waals surface area contributed by atoms with Crippen LogP contribution in [0.15, 0.2) is 24.3 Å². The zero-order chi connectivity index (χ0) is 12.5. The summed E-state index contributed by atoms with van der Waals surface area (Å²) in [5.74, 6) is 0.489. The van der Waals surface area contributed by atoms with Crippen LogP contribution in [0.5, 0.6) is 0 Å². The van der Waals surface area contributed by atoms with E-state index in [1.54, 1.807) is 0 Å². The van der Waals surface area contributed by atoms with E-state index in [0.717, 1.165) is 30.4 Å². The first-order valence-corrected chi connectivity index (χ1v) is 6.55. The quantitative estimate of drug-likeness (QED) is 0.692. The first kappa shape index (κ1) is 11.7. The van der Waals surface area contributed by atoms with Crippen molar-refractivity contribution in [3.05, 3.63) is 35.4 Å². The average Bonchev–Trinajstić information content (AvgIpc) is 2.81. The highest BCUT2D eigenvalue weighted by atomic mass is 15.4. The van der Waals surface area contributed by atoms with Crippen molar-refractivity contribution in [3.8, 4) is 6.07 Å². The molecule has 1 heterocycles. The number of benzene rings is 1. The molecule has 0 spiro atoms. The van der Waals surface area contributed by atoms with Gasteiger partial charge in [0.1, 0.15) is 0 Å². The van der Waals surface area contributed by atoms with Gasteiger partial charge in [0.25, 0.3) is 0 Å². The van der Waals surface area contributed by atoms with Gasteiger partial charge in [0, 0.05) is 12.1 Å². The Kier molecular flexibility index (Phi) is 3.04. The molecule has 3 rings (SSSR count). The maximum absolute atomic E-state index is 9.20. The van der Waals surface area contributed by atoms with Gasteiger partial charge >= 0.3 is 0 Å².